The summed E-state index contributed by atoms with van der Waals surface area (Å²) < 4.78 is 0. The second-order valence-corrected chi connectivity index (χ2v) is 6.11. The minimum absolute atomic E-state index is 0.532. The molecule has 1 N–H and O–H groups in total. The molecule has 3 nitrogen and oxygen atoms in total. The highest BCUT2D eigenvalue weighted by molar-refractivity contribution is 5.82. The van der Waals surface area contributed by atoms with Crippen LogP contribution in [0.25, 0.3) is 22.4 Å². The van der Waals surface area contributed by atoms with Crippen LogP contribution in [0.5, 0.6) is 0 Å². The van der Waals surface area contributed by atoms with Crippen molar-refractivity contribution in [2.45, 2.75) is 0 Å². The lowest BCUT2D eigenvalue weighted by Crippen LogP contribution is -2.01. The van der Waals surface area contributed by atoms with Crippen LogP contribution in [0.2, 0.25) is 0 Å². The van der Waals surface area contributed by atoms with Crippen LogP contribution in [-0.2, 0) is 0 Å². The Bertz CT molecular complexity index is 1080. The van der Waals surface area contributed by atoms with Gasteiger partial charge in [-0.3, -0.25) is 0 Å². The number of nitrogens with one attached hydrogen (secondary N) is 1. The predicted octanol–water partition coefficient (Wildman–Crippen LogP) is 6.03. The molecule has 0 aliphatic rings. The van der Waals surface area contributed by atoms with Crippen molar-refractivity contribution in [3.8, 4) is 28.5 Å². The fraction of sp³-hybridized carbons (Fsp3) is 0. The molecule has 0 unspecified atom stereocenters. The van der Waals surface area contributed by atoms with Gasteiger partial charge in [0.2, 0.25) is 0 Å². The fourth-order valence-electron chi connectivity index (χ4n) is 3.01. The van der Waals surface area contributed by atoms with E-state index in [-0.39, 0.29) is 0 Å². The first kappa shape index (κ1) is 16.6. The number of para-hydroxylation sites is 1. The molecule has 0 amide bonds. The van der Waals surface area contributed by atoms with Gasteiger partial charge in [0, 0.05) is 16.8 Å². The lowest BCUT2D eigenvalue weighted by molar-refractivity contribution is 1.28. The van der Waals surface area contributed by atoms with E-state index in [1.807, 2.05) is 97.1 Å². The van der Waals surface area contributed by atoms with E-state index >= 15 is 0 Å². The van der Waals surface area contributed by atoms with Crippen LogP contribution in [0.1, 0.15) is 5.56 Å². The first-order valence-electron chi connectivity index (χ1n) is 8.73. The van der Waals surface area contributed by atoms with Crippen molar-refractivity contribution < 1.29 is 0 Å². The Kier molecular flexibility index (Phi) is 4.63. The molecule has 0 saturated carbocycles. The van der Waals surface area contributed by atoms with Crippen LogP contribution >= 0.6 is 0 Å². The van der Waals surface area contributed by atoms with E-state index in [1.54, 1.807) is 0 Å². The summed E-state index contributed by atoms with van der Waals surface area (Å²) in [6, 6.07) is 34.0. The van der Waals surface area contributed by atoms with Crippen molar-refractivity contribution >= 4 is 11.5 Å². The summed E-state index contributed by atoms with van der Waals surface area (Å²) in [5, 5.41) is 13.2. The first-order valence-corrected chi connectivity index (χ1v) is 8.73. The van der Waals surface area contributed by atoms with Crippen molar-refractivity contribution in [1.82, 2.24) is 4.98 Å². The number of aromatic nitrogens is 1. The monoisotopic (exact) mass is 347 g/mol. The normalized spacial score (nSPS) is 10.2. The molecule has 3 heteroatoms. The molecular formula is C24H17N3. The average molecular weight is 347 g/mol. The quantitative estimate of drug-likeness (QED) is 0.490. The van der Waals surface area contributed by atoms with E-state index in [1.165, 1.54) is 0 Å². The Balaban J connectivity index is 1.92. The van der Waals surface area contributed by atoms with Gasteiger partial charge in [-0.25, -0.2) is 4.98 Å². The summed E-state index contributed by atoms with van der Waals surface area (Å²) in [7, 11) is 0. The maximum absolute atomic E-state index is 9.87. The van der Waals surface area contributed by atoms with Crippen molar-refractivity contribution in [3.05, 3.63) is 103 Å². The zero-order valence-corrected chi connectivity index (χ0v) is 14.6. The molecule has 0 atom stereocenters. The minimum Gasteiger partial charge on any atom is -0.339 e. The molecular weight excluding hydrogens is 330 g/mol. The third-order valence-electron chi connectivity index (χ3n) is 4.32. The number of nitriles is 1. The average Bonchev–Trinajstić information content (AvgIpc) is 2.75. The number of nitrogens with zero attached hydrogens (tertiary/aromatic N) is 2. The number of hydrogen-bond acceptors (Lipinski definition) is 3. The van der Waals surface area contributed by atoms with Crippen molar-refractivity contribution in [1.29, 1.82) is 5.26 Å². The molecule has 4 aromatic rings. The molecule has 27 heavy (non-hydrogen) atoms. The maximum Gasteiger partial charge on any atom is 0.149 e. The van der Waals surface area contributed by atoms with Gasteiger partial charge < -0.3 is 5.32 Å². The lowest BCUT2D eigenvalue weighted by Gasteiger charge is -2.14. The van der Waals surface area contributed by atoms with Gasteiger partial charge in [-0.1, -0.05) is 78.9 Å². The van der Waals surface area contributed by atoms with Gasteiger partial charge in [0.05, 0.1) is 5.69 Å². The number of anilines is 2. The molecule has 1 aromatic heterocycles. The smallest absolute Gasteiger partial charge is 0.149 e. The molecule has 0 aliphatic heterocycles. The molecule has 1 heterocycles. The van der Waals surface area contributed by atoms with Crippen LogP contribution in [0, 0.1) is 11.3 Å². The summed E-state index contributed by atoms with van der Waals surface area (Å²) in [6.07, 6.45) is 0. The van der Waals surface area contributed by atoms with Crippen LogP contribution in [-0.4, -0.2) is 4.98 Å². The third kappa shape index (κ3) is 3.56. The van der Waals surface area contributed by atoms with Gasteiger partial charge in [-0.05, 0) is 23.8 Å². The number of hydrogen-bond donors (Lipinski definition) is 1. The van der Waals surface area contributed by atoms with Crippen LogP contribution in [0.15, 0.2) is 97.1 Å². The van der Waals surface area contributed by atoms with Crippen molar-refractivity contribution in [3.63, 3.8) is 0 Å². The van der Waals surface area contributed by atoms with E-state index in [0.29, 0.717) is 11.4 Å². The summed E-state index contributed by atoms with van der Waals surface area (Å²) in [5.74, 6) is 0.559. The number of benzene rings is 3. The van der Waals surface area contributed by atoms with E-state index in [2.05, 4.69) is 11.4 Å². The van der Waals surface area contributed by atoms with Crippen molar-refractivity contribution in [2.24, 2.45) is 0 Å². The highest BCUT2D eigenvalue weighted by Gasteiger charge is 2.15. The molecule has 128 valence electrons. The zero-order valence-electron chi connectivity index (χ0n) is 14.6. The number of pyridine rings is 1. The van der Waals surface area contributed by atoms with Crippen LogP contribution < -0.4 is 5.32 Å². The Morgan fingerprint density at radius 3 is 1.85 bits per heavy atom. The highest BCUT2D eigenvalue weighted by Crippen LogP contribution is 2.33. The second-order valence-electron chi connectivity index (χ2n) is 6.11. The Morgan fingerprint density at radius 1 is 0.704 bits per heavy atom. The maximum atomic E-state index is 9.87. The molecule has 4 rings (SSSR count). The van der Waals surface area contributed by atoms with Crippen molar-refractivity contribution in [2.75, 3.05) is 5.32 Å². The van der Waals surface area contributed by atoms with E-state index < -0.39 is 0 Å². The molecule has 3 aromatic carbocycles. The van der Waals surface area contributed by atoms with E-state index in [0.717, 1.165) is 28.1 Å². The molecule has 0 bridgehead atoms. The molecule has 0 spiro atoms. The van der Waals surface area contributed by atoms with Gasteiger partial charge in [-0.15, -0.1) is 0 Å². The van der Waals surface area contributed by atoms with E-state index in [9.17, 15) is 5.26 Å². The SMILES string of the molecule is N#Cc1c(-c2ccccc2)cc(-c2ccccc2)nc1Nc1ccccc1. The van der Waals surface area contributed by atoms with Gasteiger partial charge in [0.25, 0.3) is 0 Å². The Labute approximate surface area is 158 Å². The molecule has 0 aliphatic carbocycles. The Morgan fingerprint density at radius 2 is 1.26 bits per heavy atom. The molecule has 0 radical (unpaired) electrons. The topological polar surface area (TPSA) is 48.7 Å². The summed E-state index contributed by atoms with van der Waals surface area (Å²) in [5.41, 5.74) is 5.12. The van der Waals surface area contributed by atoms with Gasteiger partial charge in [0.15, 0.2) is 0 Å². The lowest BCUT2D eigenvalue weighted by atomic mass is 9.98. The standard InChI is InChI=1S/C24H17N3/c25-17-22-21(18-10-4-1-5-11-18)16-23(19-12-6-2-7-13-19)27-24(22)26-20-14-8-3-9-15-20/h1-16H,(H,26,27). The van der Waals surface area contributed by atoms with Crippen LogP contribution in [0.4, 0.5) is 11.5 Å². The first-order chi connectivity index (χ1) is 13.3. The predicted molar refractivity (Wildman–Crippen MR) is 110 cm³/mol. The molecule has 0 fully saturated rings. The largest absolute Gasteiger partial charge is 0.339 e. The zero-order chi connectivity index (χ0) is 18.5. The van der Waals surface area contributed by atoms with E-state index in [4.69, 9.17) is 4.98 Å². The van der Waals surface area contributed by atoms with Crippen LogP contribution in [0.3, 0.4) is 0 Å². The molecule has 0 saturated heterocycles. The highest BCUT2D eigenvalue weighted by atomic mass is 15.0. The number of rotatable bonds is 4. The summed E-state index contributed by atoms with van der Waals surface area (Å²) in [6.45, 7) is 0. The minimum atomic E-state index is 0.532. The summed E-state index contributed by atoms with van der Waals surface area (Å²) in [4.78, 5) is 4.76. The third-order valence-corrected chi connectivity index (χ3v) is 4.32. The summed E-state index contributed by atoms with van der Waals surface area (Å²) >= 11 is 0. The van der Waals surface area contributed by atoms with Gasteiger partial charge in [0.1, 0.15) is 17.5 Å². The Hall–Kier alpha value is -3.90. The second kappa shape index (κ2) is 7.55. The fourth-order valence-corrected chi connectivity index (χ4v) is 3.01. The van der Waals surface area contributed by atoms with Gasteiger partial charge >= 0.3 is 0 Å². The van der Waals surface area contributed by atoms with Gasteiger partial charge in [-0.2, -0.15) is 5.26 Å².